The van der Waals surface area contributed by atoms with E-state index in [2.05, 4.69) is 0 Å². The van der Waals surface area contributed by atoms with Crippen LogP contribution in [0.1, 0.15) is 24.4 Å². The average molecular weight is 209 g/mol. The minimum atomic E-state index is -0.862. The first-order chi connectivity index (χ1) is 7.06. The second kappa shape index (κ2) is 3.31. The number of carboxylic acids is 1. The predicted molar refractivity (Wildman–Crippen MR) is 52.6 cm³/mol. The molecule has 0 radical (unpaired) electrons. The van der Waals surface area contributed by atoms with Gasteiger partial charge in [-0.15, -0.1) is 0 Å². The number of benzene rings is 1. The minimum absolute atomic E-state index is 0.342. The van der Waals surface area contributed by atoms with E-state index in [1.165, 1.54) is 12.1 Å². The Bertz CT molecular complexity index is 384. The summed E-state index contributed by atoms with van der Waals surface area (Å²) in [6.07, 6.45) is 1.20. The van der Waals surface area contributed by atoms with Gasteiger partial charge >= 0.3 is 5.97 Å². The van der Waals surface area contributed by atoms with Crippen molar-refractivity contribution in [3.63, 3.8) is 0 Å². The molecule has 1 aliphatic rings. The molecule has 0 spiro atoms. The van der Waals surface area contributed by atoms with Crippen molar-refractivity contribution in [1.29, 1.82) is 0 Å². The maximum atomic E-state index is 12.7. The van der Waals surface area contributed by atoms with Crippen LogP contribution < -0.4 is 5.73 Å². The summed E-state index contributed by atoms with van der Waals surface area (Å²) in [7, 11) is 0. The Labute approximate surface area is 86.7 Å². The molecule has 1 aliphatic carbocycles. The zero-order valence-corrected chi connectivity index (χ0v) is 8.11. The van der Waals surface area contributed by atoms with Crippen LogP contribution in [0.25, 0.3) is 0 Å². The molecule has 0 heterocycles. The molecule has 0 bridgehead atoms. The van der Waals surface area contributed by atoms with Crippen LogP contribution in [0.4, 0.5) is 4.39 Å². The molecule has 3 N–H and O–H groups in total. The van der Waals surface area contributed by atoms with Gasteiger partial charge in [0.05, 0.1) is 5.41 Å². The lowest BCUT2D eigenvalue weighted by molar-refractivity contribution is -0.144. The zero-order chi connectivity index (χ0) is 11.1. The minimum Gasteiger partial charge on any atom is -0.481 e. The van der Waals surface area contributed by atoms with Crippen molar-refractivity contribution in [1.82, 2.24) is 0 Å². The highest BCUT2D eigenvalue weighted by Crippen LogP contribution is 2.53. The second-order valence-electron chi connectivity index (χ2n) is 3.99. The van der Waals surface area contributed by atoms with Gasteiger partial charge in [0, 0.05) is 6.04 Å². The number of rotatable bonds is 3. The lowest BCUT2D eigenvalue weighted by atomic mass is 9.91. The van der Waals surface area contributed by atoms with E-state index in [0.717, 1.165) is 0 Å². The fraction of sp³-hybridized carbons (Fsp3) is 0.364. The van der Waals surface area contributed by atoms with Gasteiger partial charge in [0.2, 0.25) is 0 Å². The quantitative estimate of drug-likeness (QED) is 0.796. The van der Waals surface area contributed by atoms with E-state index in [-0.39, 0.29) is 5.82 Å². The van der Waals surface area contributed by atoms with Crippen molar-refractivity contribution < 1.29 is 14.3 Å². The molecule has 1 atom stereocenters. The molecule has 80 valence electrons. The molecule has 3 nitrogen and oxygen atoms in total. The lowest BCUT2D eigenvalue weighted by Gasteiger charge is -2.19. The van der Waals surface area contributed by atoms with Gasteiger partial charge < -0.3 is 10.8 Å². The number of hydrogen-bond donors (Lipinski definition) is 2. The van der Waals surface area contributed by atoms with E-state index < -0.39 is 17.4 Å². The standard InChI is InChI=1S/C11H12FNO2/c12-8-3-1-7(2-4-8)9(13)11(5-6-11)10(14)15/h1-4,9H,5-6,13H2,(H,14,15). The average Bonchev–Trinajstić information content (AvgIpc) is 2.98. The first-order valence-corrected chi connectivity index (χ1v) is 4.81. The summed E-state index contributed by atoms with van der Waals surface area (Å²) in [6.45, 7) is 0. The van der Waals surface area contributed by atoms with Crippen LogP contribution in [0.5, 0.6) is 0 Å². The van der Waals surface area contributed by atoms with Crippen LogP contribution in [0.2, 0.25) is 0 Å². The summed E-state index contributed by atoms with van der Waals surface area (Å²) in [5.74, 6) is -1.20. The molecule has 1 saturated carbocycles. The third-order valence-corrected chi connectivity index (χ3v) is 3.04. The number of carboxylic acid groups (broad SMARTS) is 1. The van der Waals surface area contributed by atoms with Gasteiger partial charge in [-0.2, -0.15) is 0 Å². The molecule has 4 heteroatoms. The van der Waals surface area contributed by atoms with Crippen molar-refractivity contribution in [3.8, 4) is 0 Å². The number of carbonyl (C=O) groups is 1. The maximum absolute atomic E-state index is 12.7. The van der Waals surface area contributed by atoms with Crippen molar-refractivity contribution in [2.75, 3.05) is 0 Å². The first-order valence-electron chi connectivity index (χ1n) is 4.81. The van der Waals surface area contributed by atoms with Crippen molar-refractivity contribution in [3.05, 3.63) is 35.6 Å². The Kier molecular flexibility index (Phi) is 2.23. The van der Waals surface area contributed by atoms with Crippen LogP contribution >= 0.6 is 0 Å². The predicted octanol–water partition coefficient (Wildman–Crippen LogP) is 1.69. The van der Waals surface area contributed by atoms with E-state index in [9.17, 15) is 9.18 Å². The summed E-state index contributed by atoms with van der Waals surface area (Å²) in [4.78, 5) is 11.0. The maximum Gasteiger partial charge on any atom is 0.311 e. The van der Waals surface area contributed by atoms with E-state index in [0.29, 0.717) is 18.4 Å². The lowest BCUT2D eigenvalue weighted by Crippen LogP contribution is -2.29. The van der Waals surface area contributed by atoms with Crippen molar-refractivity contribution >= 4 is 5.97 Å². The summed E-state index contributed by atoms with van der Waals surface area (Å²) in [6, 6.07) is 5.14. The number of halogens is 1. The van der Waals surface area contributed by atoms with Crippen LogP contribution in [0.15, 0.2) is 24.3 Å². The third kappa shape index (κ3) is 1.61. The number of hydrogen-bond acceptors (Lipinski definition) is 2. The van der Waals surface area contributed by atoms with E-state index in [1.807, 2.05) is 0 Å². The normalized spacial score (nSPS) is 19.6. The Hall–Kier alpha value is -1.42. The summed E-state index contributed by atoms with van der Waals surface area (Å²) in [5.41, 5.74) is 5.74. The molecule has 1 fully saturated rings. The molecular weight excluding hydrogens is 197 g/mol. The molecule has 15 heavy (non-hydrogen) atoms. The summed E-state index contributed by atoms with van der Waals surface area (Å²) in [5, 5.41) is 9.04. The molecule has 0 amide bonds. The van der Waals surface area contributed by atoms with Crippen LogP contribution in [0.3, 0.4) is 0 Å². The molecule has 2 rings (SSSR count). The van der Waals surface area contributed by atoms with E-state index in [1.54, 1.807) is 12.1 Å². The van der Waals surface area contributed by atoms with Crippen molar-refractivity contribution in [2.45, 2.75) is 18.9 Å². The zero-order valence-electron chi connectivity index (χ0n) is 8.11. The topological polar surface area (TPSA) is 63.3 Å². The Balaban J connectivity index is 2.25. The van der Waals surface area contributed by atoms with Gasteiger partial charge in [0.15, 0.2) is 0 Å². The summed E-state index contributed by atoms with van der Waals surface area (Å²) >= 11 is 0. The van der Waals surface area contributed by atoms with Gasteiger partial charge in [-0.05, 0) is 30.5 Å². The number of nitrogens with two attached hydrogens (primary N) is 1. The van der Waals surface area contributed by atoms with E-state index >= 15 is 0 Å². The first kappa shape index (κ1) is 10.1. The molecular formula is C11H12FNO2. The third-order valence-electron chi connectivity index (χ3n) is 3.04. The van der Waals surface area contributed by atoms with Crippen LogP contribution in [0, 0.1) is 11.2 Å². The summed E-state index contributed by atoms with van der Waals surface area (Å²) < 4.78 is 12.7. The Morgan fingerprint density at radius 1 is 1.40 bits per heavy atom. The monoisotopic (exact) mass is 209 g/mol. The SMILES string of the molecule is NC(c1ccc(F)cc1)C1(C(=O)O)CC1. The molecule has 1 aromatic rings. The molecule has 0 aliphatic heterocycles. The molecule has 0 aromatic heterocycles. The van der Waals surface area contributed by atoms with Gasteiger partial charge in [-0.25, -0.2) is 4.39 Å². The van der Waals surface area contributed by atoms with Crippen LogP contribution in [-0.4, -0.2) is 11.1 Å². The van der Waals surface area contributed by atoms with Gasteiger partial charge in [0.1, 0.15) is 5.82 Å². The fourth-order valence-corrected chi connectivity index (χ4v) is 1.78. The second-order valence-corrected chi connectivity index (χ2v) is 3.99. The van der Waals surface area contributed by atoms with Crippen molar-refractivity contribution in [2.24, 2.45) is 11.1 Å². The Morgan fingerprint density at radius 3 is 2.33 bits per heavy atom. The van der Waals surface area contributed by atoms with Gasteiger partial charge in [-0.3, -0.25) is 4.79 Å². The highest BCUT2D eigenvalue weighted by atomic mass is 19.1. The molecule has 1 unspecified atom stereocenters. The smallest absolute Gasteiger partial charge is 0.311 e. The van der Waals surface area contributed by atoms with Crippen LogP contribution in [-0.2, 0) is 4.79 Å². The Morgan fingerprint density at radius 2 is 1.93 bits per heavy atom. The highest BCUT2D eigenvalue weighted by molar-refractivity contribution is 5.79. The highest BCUT2D eigenvalue weighted by Gasteiger charge is 2.55. The molecule has 0 saturated heterocycles. The fourth-order valence-electron chi connectivity index (χ4n) is 1.78. The van der Waals surface area contributed by atoms with Gasteiger partial charge in [0.25, 0.3) is 0 Å². The largest absolute Gasteiger partial charge is 0.481 e. The van der Waals surface area contributed by atoms with E-state index in [4.69, 9.17) is 10.8 Å². The molecule has 1 aromatic carbocycles. The number of aliphatic carboxylic acids is 1. The van der Waals surface area contributed by atoms with Gasteiger partial charge in [-0.1, -0.05) is 12.1 Å².